The predicted molar refractivity (Wildman–Crippen MR) is 96.9 cm³/mol. The topological polar surface area (TPSA) is 0 Å². The van der Waals surface area contributed by atoms with Crippen LogP contribution in [0.4, 0.5) is 4.39 Å². The van der Waals surface area contributed by atoms with Crippen LogP contribution in [-0.4, -0.2) is 0 Å². The highest BCUT2D eigenvalue weighted by Gasteiger charge is 2.16. The molecular weight excluding hydrogens is 358 g/mol. The van der Waals surface area contributed by atoms with Crippen LogP contribution in [0.3, 0.4) is 0 Å². The average molecular weight is 373 g/mol. The minimum absolute atomic E-state index is 0.137. The molecule has 0 atom stereocenters. The molecule has 22 heavy (non-hydrogen) atoms. The first-order chi connectivity index (χ1) is 10.7. The van der Waals surface area contributed by atoms with Gasteiger partial charge in [0.2, 0.25) is 0 Å². The number of hydrogen-bond acceptors (Lipinski definition) is 0. The standard InChI is InChI=1S/C19H15BrFP/c20-16-11-12-19(21)15(13-16)14-22(17-7-3-1-4-8-17)18-9-5-2-6-10-18/h1-13H,14H2. The van der Waals surface area contributed by atoms with Crippen molar-refractivity contribution < 1.29 is 4.39 Å². The molecule has 0 aliphatic rings. The van der Waals surface area contributed by atoms with Crippen molar-refractivity contribution in [1.82, 2.24) is 0 Å². The second-order valence-corrected chi connectivity index (χ2v) is 8.11. The summed E-state index contributed by atoms with van der Waals surface area (Å²) in [4.78, 5) is 0. The van der Waals surface area contributed by atoms with E-state index in [1.807, 2.05) is 42.5 Å². The second kappa shape index (κ2) is 7.17. The molecule has 0 spiro atoms. The van der Waals surface area contributed by atoms with E-state index >= 15 is 0 Å². The van der Waals surface area contributed by atoms with Crippen molar-refractivity contribution in [1.29, 1.82) is 0 Å². The lowest BCUT2D eigenvalue weighted by Gasteiger charge is -2.19. The molecule has 0 aliphatic carbocycles. The van der Waals surface area contributed by atoms with Crippen LogP contribution in [-0.2, 0) is 6.16 Å². The molecule has 0 nitrogen and oxygen atoms in total. The van der Waals surface area contributed by atoms with E-state index in [2.05, 4.69) is 40.2 Å². The lowest BCUT2D eigenvalue weighted by atomic mass is 10.2. The third-order valence-electron chi connectivity index (χ3n) is 3.47. The maximum absolute atomic E-state index is 14.2. The molecule has 0 saturated heterocycles. The zero-order chi connectivity index (χ0) is 15.4. The highest BCUT2D eigenvalue weighted by molar-refractivity contribution is 9.10. The minimum Gasteiger partial charge on any atom is -0.207 e. The van der Waals surface area contributed by atoms with Crippen LogP contribution in [0.1, 0.15) is 5.56 Å². The summed E-state index contributed by atoms with van der Waals surface area (Å²) in [5.41, 5.74) is 0.758. The molecule has 3 aromatic carbocycles. The van der Waals surface area contributed by atoms with E-state index in [4.69, 9.17) is 0 Å². The van der Waals surface area contributed by atoms with Crippen LogP contribution >= 0.6 is 23.9 Å². The summed E-state index contributed by atoms with van der Waals surface area (Å²) in [6.45, 7) is 0. The molecule has 0 N–H and O–H groups in total. The molecule has 0 aliphatic heterocycles. The van der Waals surface area contributed by atoms with Crippen molar-refractivity contribution >= 4 is 34.5 Å². The van der Waals surface area contributed by atoms with E-state index in [0.717, 1.165) is 10.0 Å². The average Bonchev–Trinajstić information content (AvgIpc) is 2.57. The van der Waals surface area contributed by atoms with Crippen LogP contribution in [0.2, 0.25) is 0 Å². The van der Waals surface area contributed by atoms with Gasteiger partial charge in [-0.05, 0) is 42.3 Å². The van der Waals surface area contributed by atoms with Crippen molar-refractivity contribution in [2.24, 2.45) is 0 Å². The molecule has 3 aromatic rings. The Balaban J connectivity index is 2.01. The molecular formula is C19H15BrFP. The van der Waals surface area contributed by atoms with Crippen LogP contribution < -0.4 is 10.6 Å². The lowest BCUT2D eigenvalue weighted by Crippen LogP contribution is -2.13. The largest absolute Gasteiger partial charge is 0.207 e. The van der Waals surface area contributed by atoms with E-state index in [1.54, 1.807) is 6.07 Å². The summed E-state index contributed by atoms with van der Waals surface area (Å²) in [5.74, 6) is -0.137. The zero-order valence-corrected chi connectivity index (χ0v) is 14.4. The Labute approximate surface area is 139 Å². The first kappa shape index (κ1) is 15.4. The summed E-state index contributed by atoms with van der Waals surface area (Å²) < 4.78 is 15.1. The fourth-order valence-corrected chi connectivity index (χ4v) is 5.10. The molecule has 0 aromatic heterocycles. The van der Waals surface area contributed by atoms with Crippen molar-refractivity contribution in [3.05, 3.63) is 94.7 Å². The maximum Gasteiger partial charge on any atom is 0.126 e. The van der Waals surface area contributed by atoms with E-state index in [-0.39, 0.29) is 5.82 Å². The quantitative estimate of drug-likeness (QED) is 0.550. The third kappa shape index (κ3) is 3.63. The zero-order valence-electron chi connectivity index (χ0n) is 11.9. The van der Waals surface area contributed by atoms with E-state index < -0.39 is 7.92 Å². The summed E-state index contributed by atoms with van der Waals surface area (Å²) in [7, 11) is -0.617. The van der Waals surface area contributed by atoms with Gasteiger partial charge in [-0.2, -0.15) is 0 Å². The highest BCUT2D eigenvalue weighted by Crippen LogP contribution is 2.38. The van der Waals surface area contributed by atoms with Crippen molar-refractivity contribution in [2.75, 3.05) is 0 Å². The summed E-state index contributed by atoms with van der Waals surface area (Å²) in [6.07, 6.45) is 0.703. The predicted octanol–water partition coefficient (Wildman–Crippen LogP) is 5.22. The van der Waals surface area contributed by atoms with Gasteiger partial charge in [0.25, 0.3) is 0 Å². The second-order valence-electron chi connectivity index (χ2n) is 4.99. The summed E-state index contributed by atoms with van der Waals surface area (Å²) in [6, 6.07) is 25.9. The van der Waals surface area contributed by atoms with Gasteiger partial charge in [-0.25, -0.2) is 4.39 Å². The van der Waals surface area contributed by atoms with Crippen LogP contribution in [0.5, 0.6) is 0 Å². The third-order valence-corrected chi connectivity index (χ3v) is 6.47. The van der Waals surface area contributed by atoms with Gasteiger partial charge in [0.05, 0.1) is 0 Å². The molecule has 0 unspecified atom stereocenters. The molecule has 0 amide bonds. The monoisotopic (exact) mass is 372 g/mol. The van der Waals surface area contributed by atoms with E-state index in [1.165, 1.54) is 16.7 Å². The van der Waals surface area contributed by atoms with Crippen molar-refractivity contribution in [2.45, 2.75) is 6.16 Å². The Morgan fingerprint density at radius 1 is 0.773 bits per heavy atom. The van der Waals surface area contributed by atoms with Gasteiger partial charge < -0.3 is 0 Å². The van der Waals surface area contributed by atoms with Gasteiger partial charge in [-0.3, -0.25) is 0 Å². The van der Waals surface area contributed by atoms with Gasteiger partial charge in [0.15, 0.2) is 0 Å². The first-order valence-electron chi connectivity index (χ1n) is 7.05. The van der Waals surface area contributed by atoms with Crippen LogP contribution in [0.25, 0.3) is 0 Å². The molecule has 0 radical (unpaired) electrons. The molecule has 0 bridgehead atoms. The fraction of sp³-hybridized carbons (Fsp3) is 0.0526. The van der Waals surface area contributed by atoms with Crippen LogP contribution in [0.15, 0.2) is 83.3 Å². The number of hydrogen-bond donors (Lipinski definition) is 0. The van der Waals surface area contributed by atoms with Crippen molar-refractivity contribution in [3.63, 3.8) is 0 Å². The lowest BCUT2D eigenvalue weighted by molar-refractivity contribution is 0.617. The molecule has 0 saturated carbocycles. The molecule has 3 rings (SSSR count). The Morgan fingerprint density at radius 2 is 1.32 bits per heavy atom. The van der Waals surface area contributed by atoms with Gasteiger partial charge in [0, 0.05) is 10.6 Å². The van der Waals surface area contributed by atoms with Gasteiger partial charge in [0.1, 0.15) is 5.82 Å². The van der Waals surface area contributed by atoms with Gasteiger partial charge in [-0.1, -0.05) is 76.6 Å². The smallest absolute Gasteiger partial charge is 0.126 e. The van der Waals surface area contributed by atoms with Gasteiger partial charge in [-0.15, -0.1) is 0 Å². The first-order valence-corrected chi connectivity index (χ1v) is 9.37. The van der Waals surface area contributed by atoms with Crippen molar-refractivity contribution in [3.8, 4) is 0 Å². The minimum atomic E-state index is -0.617. The highest BCUT2D eigenvalue weighted by atomic mass is 79.9. The number of benzene rings is 3. The van der Waals surface area contributed by atoms with E-state index in [9.17, 15) is 4.39 Å². The SMILES string of the molecule is Fc1ccc(Br)cc1CP(c1ccccc1)c1ccccc1. The molecule has 3 heteroatoms. The summed E-state index contributed by atoms with van der Waals surface area (Å²) >= 11 is 3.44. The molecule has 0 fully saturated rings. The Kier molecular flexibility index (Phi) is 5.02. The maximum atomic E-state index is 14.2. The number of rotatable bonds is 4. The molecule has 0 heterocycles. The van der Waals surface area contributed by atoms with Gasteiger partial charge >= 0.3 is 0 Å². The Morgan fingerprint density at radius 3 is 1.86 bits per heavy atom. The normalized spacial score (nSPS) is 10.9. The molecule has 110 valence electrons. The Hall–Kier alpha value is -1.50. The number of halogens is 2. The van der Waals surface area contributed by atoms with E-state index in [0.29, 0.717) is 6.16 Å². The van der Waals surface area contributed by atoms with Crippen LogP contribution in [0, 0.1) is 5.82 Å². The summed E-state index contributed by atoms with van der Waals surface area (Å²) in [5, 5.41) is 2.53. The Bertz CT molecular complexity index is 704. The fourth-order valence-electron chi connectivity index (χ4n) is 2.38.